The summed E-state index contributed by atoms with van der Waals surface area (Å²) in [4.78, 5) is 0. The number of allylic oxidation sites excluding steroid dienone is 3. The van der Waals surface area contributed by atoms with Crippen molar-refractivity contribution in [1.29, 1.82) is 0 Å². The highest BCUT2D eigenvalue weighted by Crippen LogP contribution is 2.55. The zero-order valence-electron chi connectivity index (χ0n) is 12.5. The van der Waals surface area contributed by atoms with Crippen LogP contribution >= 0.6 is 0 Å². The van der Waals surface area contributed by atoms with Crippen molar-refractivity contribution in [3.8, 4) is 11.8 Å². The molecule has 0 radical (unpaired) electrons. The SMILES string of the molecule is C=C1C(C)CC2=Cc3ccccc3C=C(C#CC)C12C. The molecule has 0 heterocycles. The van der Waals surface area contributed by atoms with Gasteiger partial charge in [-0.25, -0.2) is 0 Å². The Morgan fingerprint density at radius 1 is 1.20 bits per heavy atom. The van der Waals surface area contributed by atoms with E-state index in [-0.39, 0.29) is 5.41 Å². The molecule has 1 fully saturated rings. The van der Waals surface area contributed by atoms with Gasteiger partial charge in [-0.05, 0) is 43.4 Å². The van der Waals surface area contributed by atoms with Crippen LogP contribution in [-0.4, -0.2) is 0 Å². The highest BCUT2D eigenvalue weighted by molar-refractivity contribution is 5.78. The first kappa shape index (κ1) is 13.0. The Morgan fingerprint density at radius 3 is 2.50 bits per heavy atom. The molecule has 0 saturated heterocycles. The summed E-state index contributed by atoms with van der Waals surface area (Å²) in [6.45, 7) is 10.8. The largest absolute Gasteiger partial charge is 0.102 e. The van der Waals surface area contributed by atoms with Gasteiger partial charge in [-0.2, -0.15) is 0 Å². The van der Waals surface area contributed by atoms with E-state index < -0.39 is 0 Å². The van der Waals surface area contributed by atoms with Gasteiger partial charge in [0.15, 0.2) is 0 Å². The van der Waals surface area contributed by atoms with Crippen molar-refractivity contribution in [2.24, 2.45) is 11.3 Å². The molecule has 2 unspecified atom stereocenters. The minimum Gasteiger partial charge on any atom is -0.102 e. The van der Waals surface area contributed by atoms with E-state index in [1.54, 1.807) is 0 Å². The van der Waals surface area contributed by atoms with E-state index in [1.807, 2.05) is 6.92 Å². The molecule has 0 aromatic heterocycles. The number of hydrogen-bond acceptors (Lipinski definition) is 0. The lowest BCUT2D eigenvalue weighted by Gasteiger charge is -2.28. The second-order valence-corrected chi connectivity index (χ2v) is 5.99. The Kier molecular flexibility index (Phi) is 2.94. The normalized spacial score (nSPS) is 27.6. The molecule has 20 heavy (non-hydrogen) atoms. The maximum atomic E-state index is 4.38. The van der Waals surface area contributed by atoms with Gasteiger partial charge in [0.05, 0.1) is 0 Å². The molecule has 3 rings (SSSR count). The maximum absolute atomic E-state index is 4.38. The van der Waals surface area contributed by atoms with E-state index in [2.05, 4.69) is 68.7 Å². The molecule has 0 aliphatic heterocycles. The van der Waals surface area contributed by atoms with Crippen LogP contribution in [0.4, 0.5) is 0 Å². The van der Waals surface area contributed by atoms with Crippen LogP contribution in [0.5, 0.6) is 0 Å². The van der Waals surface area contributed by atoms with Crippen LogP contribution in [0.3, 0.4) is 0 Å². The monoisotopic (exact) mass is 260 g/mol. The van der Waals surface area contributed by atoms with Crippen molar-refractivity contribution in [3.63, 3.8) is 0 Å². The molecule has 0 N–H and O–H groups in total. The second kappa shape index (κ2) is 4.53. The zero-order valence-corrected chi connectivity index (χ0v) is 12.5. The van der Waals surface area contributed by atoms with Crippen molar-refractivity contribution in [1.82, 2.24) is 0 Å². The summed E-state index contributed by atoms with van der Waals surface area (Å²) in [5.41, 5.74) is 6.39. The minimum atomic E-state index is -0.0958. The first-order chi connectivity index (χ1) is 9.57. The molecule has 0 bridgehead atoms. The summed E-state index contributed by atoms with van der Waals surface area (Å²) in [5.74, 6) is 6.95. The van der Waals surface area contributed by atoms with E-state index in [9.17, 15) is 0 Å². The molecule has 2 atom stereocenters. The van der Waals surface area contributed by atoms with E-state index in [0.29, 0.717) is 5.92 Å². The molecular weight excluding hydrogens is 240 g/mol. The Hall–Kier alpha value is -2.00. The third-order valence-corrected chi connectivity index (χ3v) is 4.83. The second-order valence-electron chi connectivity index (χ2n) is 5.99. The van der Waals surface area contributed by atoms with Crippen LogP contribution in [0.25, 0.3) is 12.2 Å². The quantitative estimate of drug-likeness (QED) is 0.450. The fourth-order valence-electron chi connectivity index (χ4n) is 3.46. The topological polar surface area (TPSA) is 0 Å². The highest BCUT2D eigenvalue weighted by Gasteiger charge is 2.44. The Morgan fingerprint density at radius 2 is 1.85 bits per heavy atom. The Labute approximate surface area is 121 Å². The molecule has 1 aromatic carbocycles. The standard InChI is InChI=1S/C20H20/c1-5-8-18-12-16-9-6-7-10-17(16)13-19-11-14(2)15(3)20(18,19)4/h6-7,9-10,12-14H,3,11H2,1-2,4H3. The van der Waals surface area contributed by atoms with Crippen molar-refractivity contribution in [2.45, 2.75) is 27.2 Å². The van der Waals surface area contributed by atoms with Gasteiger partial charge >= 0.3 is 0 Å². The maximum Gasteiger partial charge on any atom is 0.0425 e. The lowest BCUT2D eigenvalue weighted by molar-refractivity contribution is 0.615. The third kappa shape index (κ3) is 1.70. The van der Waals surface area contributed by atoms with Crippen molar-refractivity contribution in [2.75, 3.05) is 0 Å². The van der Waals surface area contributed by atoms with Gasteiger partial charge in [-0.3, -0.25) is 0 Å². The van der Waals surface area contributed by atoms with E-state index in [4.69, 9.17) is 0 Å². The summed E-state index contributed by atoms with van der Waals surface area (Å²) in [6, 6.07) is 8.55. The summed E-state index contributed by atoms with van der Waals surface area (Å²) < 4.78 is 0. The summed E-state index contributed by atoms with van der Waals surface area (Å²) in [5, 5.41) is 0. The lowest BCUT2D eigenvalue weighted by atomic mass is 9.74. The number of fused-ring (bicyclic) bond motifs is 2. The van der Waals surface area contributed by atoms with Crippen LogP contribution in [0, 0.1) is 23.2 Å². The number of hydrogen-bond donors (Lipinski definition) is 0. The molecule has 0 heteroatoms. The predicted octanol–water partition coefficient (Wildman–Crippen LogP) is 5.09. The van der Waals surface area contributed by atoms with Gasteiger partial charge in [-0.15, -0.1) is 5.92 Å². The van der Waals surface area contributed by atoms with Crippen molar-refractivity contribution in [3.05, 3.63) is 58.7 Å². The number of benzene rings is 1. The third-order valence-electron chi connectivity index (χ3n) is 4.83. The molecule has 0 nitrogen and oxygen atoms in total. The molecule has 1 saturated carbocycles. The smallest absolute Gasteiger partial charge is 0.0425 e. The summed E-state index contributed by atoms with van der Waals surface area (Å²) in [7, 11) is 0. The van der Waals surface area contributed by atoms with E-state index >= 15 is 0 Å². The van der Waals surface area contributed by atoms with Gasteiger partial charge < -0.3 is 0 Å². The van der Waals surface area contributed by atoms with Crippen molar-refractivity contribution < 1.29 is 0 Å². The van der Waals surface area contributed by atoms with Gasteiger partial charge in [0.2, 0.25) is 0 Å². The Bertz CT molecular complexity index is 703. The van der Waals surface area contributed by atoms with Gasteiger partial charge in [0, 0.05) is 11.0 Å². The summed E-state index contributed by atoms with van der Waals surface area (Å²) >= 11 is 0. The molecule has 0 amide bonds. The van der Waals surface area contributed by atoms with Crippen LogP contribution in [0.15, 0.2) is 47.6 Å². The molecule has 2 aliphatic rings. The lowest BCUT2D eigenvalue weighted by Crippen LogP contribution is -2.18. The van der Waals surface area contributed by atoms with Gasteiger partial charge in [0.1, 0.15) is 0 Å². The molecule has 2 aliphatic carbocycles. The van der Waals surface area contributed by atoms with Crippen molar-refractivity contribution >= 4 is 12.2 Å². The van der Waals surface area contributed by atoms with Crippen LogP contribution in [0.1, 0.15) is 38.3 Å². The first-order valence-corrected chi connectivity index (χ1v) is 7.21. The highest BCUT2D eigenvalue weighted by atomic mass is 14.5. The fourth-order valence-corrected chi connectivity index (χ4v) is 3.46. The van der Waals surface area contributed by atoms with Crippen LogP contribution < -0.4 is 0 Å². The minimum absolute atomic E-state index is 0.0958. The van der Waals surface area contributed by atoms with E-state index in [1.165, 1.54) is 27.8 Å². The average molecular weight is 260 g/mol. The predicted molar refractivity (Wildman–Crippen MR) is 86.9 cm³/mol. The van der Waals surface area contributed by atoms with E-state index in [0.717, 1.165) is 6.42 Å². The molecule has 100 valence electrons. The average Bonchev–Trinajstić information content (AvgIpc) is 2.59. The number of rotatable bonds is 0. The van der Waals surface area contributed by atoms with Gasteiger partial charge in [0.25, 0.3) is 0 Å². The molecular formula is C20H20. The zero-order chi connectivity index (χ0) is 14.3. The molecule has 0 spiro atoms. The Balaban J connectivity index is 2.32. The van der Waals surface area contributed by atoms with Crippen LogP contribution in [-0.2, 0) is 0 Å². The van der Waals surface area contributed by atoms with Gasteiger partial charge in [-0.1, -0.05) is 60.9 Å². The first-order valence-electron chi connectivity index (χ1n) is 7.21. The summed E-state index contributed by atoms with van der Waals surface area (Å²) in [6.07, 6.45) is 5.69. The van der Waals surface area contributed by atoms with Crippen LogP contribution in [0.2, 0.25) is 0 Å². The fraction of sp³-hybridized carbons (Fsp3) is 0.300. The molecule has 1 aromatic rings.